The molecular weight excluding hydrogens is 335 g/mol. The third-order valence-corrected chi connectivity index (χ3v) is 3.71. The number of rotatable bonds is 3. The minimum atomic E-state index is -1.36. The summed E-state index contributed by atoms with van der Waals surface area (Å²) < 4.78 is 14.2. The van der Waals surface area contributed by atoms with Crippen molar-refractivity contribution in [3.63, 3.8) is 0 Å². The molecule has 1 saturated heterocycles. The molecule has 0 bridgehead atoms. The summed E-state index contributed by atoms with van der Waals surface area (Å²) in [5.74, 6) is -4.17. The number of amides is 2. The number of carboxylic acid groups (broad SMARTS) is 1. The van der Waals surface area contributed by atoms with E-state index in [4.69, 9.17) is 10.8 Å². The molecule has 1 aliphatic rings. The molecule has 1 aromatic carbocycles. The molecule has 0 radical (unpaired) electrons. The van der Waals surface area contributed by atoms with Crippen LogP contribution in [0.4, 0.5) is 10.1 Å². The molecule has 6 nitrogen and oxygen atoms in total. The lowest BCUT2D eigenvalue weighted by atomic mass is 10.1. The summed E-state index contributed by atoms with van der Waals surface area (Å²) in [6.07, 6.45) is -0.152. The highest BCUT2D eigenvalue weighted by Gasteiger charge is 2.37. The Hall–Kier alpha value is -1.96. The van der Waals surface area contributed by atoms with E-state index in [1.807, 2.05) is 0 Å². The summed E-state index contributed by atoms with van der Waals surface area (Å²) in [6, 6.07) is 2.43. The van der Waals surface area contributed by atoms with Crippen LogP contribution < -0.4 is 10.6 Å². The Labute approximate surface area is 121 Å². The Morgan fingerprint density at radius 2 is 2.10 bits per heavy atom. The number of nitrogens with two attached hydrogens (primary N) is 1. The van der Waals surface area contributed by atoms with Gasteiger partial charge in [-0.1, -0.05) is 0 Å². The molecule has 20 heavy (non-hydrogen) atoms. The normalized spacial score (nSPS) is 18.4. The van der Waals surface area contributed by atoms with Crippen LogP contribution in [0.25, 0.3) is 0 Å². The van der Waals surface area contributed by atoms with Crippen LogP contribution in [0, 0.1) is 11.7 Å². The highest BCUT2D eigenvalue weighted by atomic mass is 79.9. The average Bonchev–Trinajstić information content (AvgIpc) is 2.74. The number of halogens is 2. The van der Waals surface area contributed by atoms with Gasteiger partial charge in [-0.25, -0.2) is 9.18 Å². The number of primary amides is 1. The van der Waals surface area contributed by atoms with Gasteiger partial charge in [-0.2, -0.15) is 0 Å². The highest BCUT2D eigenvalue weighted by Crippen LogP contribution is 2.34. The van der Waals surface area contributed by atoms with E-state index in [9.17, 15) is 18.8 Å². The van der Waals surface area contributed by atoms with Gasteiger partial charge in [-0.05, 0) is 28.1 Å². The molecule has 0 spiro atoms. The maximum atomic E-state index is 14.2. The maximum Gasteiger partial charge on any atom is 0.337 e. The van der Waals surface area contributed by atoms with Crippen LogP contribution in [-0.4, -0.2) is 29.4 Å². The molecule has 1 aliphatic heterocycles. The number of carbonyl (C=O) groups is 3. The smallest absolute Gasteiger partial charge is 0.337 e. The van der Waals surface area contributed by atoms with E-state index in [2.05, 4.69) is 15.9 Å². The number of carboxylic acids is 1. The van der Waals surface area contributed by atoms with Crippen molar-refractivity contribution in [1.29, 1.82) is 0 Å². The van der Waals surface area contributed by atoms with Gasteiger partial charge in [0.05, 0.1) is 21.6 Å². The summed E-state index contributed by atoms with van der Waals surface area (Å²) >= 11 is 2.94. The van der Waals surface area contributed by atoms with Gasteiger partial charge >= 0.3 is 5.97 Å². The molecular formula is C12H10BrFN2O4. The number of hydrogen-bond donors (Lipinski definition) is 2. The van der Waals surface area contributed by atoms with Crippen molar-refractivity contribution in [2.75, 3.05) is 11.4 Å². The fraction of sp³-hybridized carbons (Fsp3) is 0.250. The Morgan fingerprint density at radius 3 is 2.60 bits per heavy atom. The number of hydrogen-bond acceptors (Lipinski definition) is 3. The van der Waals surface area contributed by atoms with Crippen molar-refractivity contribution in [1.82, 2.24) is 0 Å². The van der Waals surface area contributed by atoms with E-state index in [1.165, 1.54) is 12.1 Å². The van der Waals surface area contributed by atoms with Crippen molar-refractivity contribution in [2.45, 2.75) is 6.42 Å². The average molecular weight is 345 g/mol. The number of aromatic carboxylic acids is 1. The minimum Gasteiger partial charge on any atom is -0.478 e. The molecule has 0 saturated carbocycles. The first-order valence-corrected chi connectivity index (χ1v) is 6.43. The Bertz CT molecular complexity index is 620. The second-order valence-corrected chi connectivity index (χ2v) is 5.22. The number of nitrogens with zero attached hydrogens (tertiary/aromatic N) is 1. The molecule has 1 unspecified atom stereocenters. The molecule has 2 rings (SSSR count). The van der Waals surface area contributed by atoms with Gasteiger partial charge in [0, 0.05) is 13.0 Å². The van der Waals surface area contributed by atoms with Gasteiger partial charge in [0.25, 0.3) is 0 Å². The lowest BCUT2D eigenvalue weighted by Crippen LogP contribution is -2.30. The van der Waals surface area contributed by atoms with Gasteiger partial charge < -0.3 is 15.7 Å². The summed E-state index contributed by atoms with van der Waals surface area (Å²) in [7, 11) is 0. The molecule has 3 N–H and O–H groups in total. The number of anilines is 1. The monoisotopic (exact) mass is 344 g/mol. The molecule has 8 heteroatoms. The van der Waals surface area contributed by atoms with E-state index in [-0.39, 0.29) is 28.7 Å². The Morgan fingerprint density at radius 1 is 1.45 bits per heavy atom. The van der Waals surface area contributed by atoms with Crippen LogP contribution >= 0.6 is 15.9 Å². The summed E-state index contributed by atoms with van der Waals surface area (Å²) in [6.45, 7) is -0.123. The topological polar surface area (TPSA) is 101 Å². The van der Waals surface area contributed by atoms with Crippen LogP contribution in [0.5, 0.6) is 0 Å². The second kappa shape index (κ2) is 5.20. The molecule has 2 amide bonds. The maximum absolute atomic E-state index is 14.2. The highest BCUT2D eigenvalue weighted by molar-refractivity contribution is 9.10. The van der Waals surface area contributed by atoms with Crippen LogP contribution in [0.15, 0.2) is 16.6 Å². The molecule has 1 fully saturated rings. The van der Waals surface area contributed by atoms with Gasteiger partial charge in [-0.3, -0.25) is 9.59 Å². The van der Waals surface area contributed by atoms with E-state index in [0.717, 1.165) is 4.90 Å². The quantitative estimate of drug-likeness (QED) is 0.857. The summed E-state index contributed by atoms with van der Waals surface area (Å²) in [4.78, 5) is 35.1. The number of carbonyl (C=O) groups excluding carboxylic acids is 2. The first kappa shape index (κ1) is 14.4. The van der Waals surface area contributed by atoms with Gasteiger partial charge in [0.1, 0.15) is 0 Å². The Balaban J connectivity index is 2.52. The summed E-state index contributed by atoms with van der Waals surface area (Å²) in [5, 5.41) is 9.09. The second-order valence-electron chi connectivity index (χ2n) is 4.37. The Kier molecular flexibility index (Phi) is 3.76. The molecule has 0 aliphatic carbocycles. The van der Waals surface area contributed by atoms with Crippen molar-refractivity contribution in [3.8, 4) is 0 Å². The van der Waals surface area contributed by atoms with E-state index >= 15 is 0 Å². The van der Waals surface area contributed by atoms with E-state index in [0.29, 0.717) is 0 Å². The SMILES string of the molecule is NC(=O)C1CC(=O)N(c2c(C(=O)O)ccc(Br)c2F)C1. The fourth-order valence-corrected chi connectivity index (χ4v) is 2.41. The molecule has 106 valence electrons. The standard InChI is InChI=1S/C12H10BrFN2O4/c13-7-2-1-6(12(19)20)10(9(7)14)16-4-5(11(15)18)3-8(16)17/h1-2,5H,3-4H2,(H2,15,18)(H,19,20). The van der Waals surface area contributed by atoms with E-state index < -0.39 is 29.5 Å². The predicted octanol–water partition coefficient (Wildman–Crippen LogP) is 1.12. The molecule has 1 atom stereocenters. The molecule has 1 heterocycles. The predicted molar refractivity (Wildman–Crippen MR) is 70.7 cm³/mol. The van der Waals surface area contributed by atoms with Crippen molar-refractivity contribution in [3.05, 3.63) is 28.0 Å². The zero-order valence-corrected chi connectivity index (χ0v) is 11.7. The zero-order valence-electron chi connectivity index (χ0n) is 10.1. The molecule has 0 aromatic heterocycles. The van der Waals surface area contributed by atoms with Gasteiger partial charge in [0.2, 0.25) is 11.8 Å². The lowest BCUT2D eigenvalue weighted by Gasteiger charge is -2.20. The van der Waals surface area contributed by atoms with Crippen molar-refractivity contribution >= 4 is 39.4 Å². The fourth-order valence-electron chi connectivity index (χ4n) is 2.09. The number of benzene rings is 1. The van der Waals surface area contributed by atoms with Crippen LogP contribution in [0.1, 0.15) is 16.8 Å². The third-order valence-electron chi connectivity index (χ3n) is 3.10. The van der Waals surface area contributed by atoms with Crippen LogP contribution in [0.3, 0.4) is 0 Å². The molecule has 1 aromatic rings. The largest absolute Gasteiger partial charge is 0.478 e. The van der Waals surface area contributed by atoms with Gasteiger partial charge in [-0.15, -0.1) is 0 Å². The van der Waals surface area contributed by atoms with Crippen molar-refractivity contribution in [2.24, 2.45) is 11.7 Å². The van der Waals surface area contributed by atoms with Gasteiger partial charge in [0.15, 0.2) is 5.82 Å². The zero-order chi connectivity index (χ0) is 15.0. The minimum absolute atomic E-state index is 0.0350. The van der Waals surface area contributed by atoms with E-state index in [1.54, 1.807) is 0 Å². The van der Waals surface area contributed by atoms with Crippen LogP contribution in [0.2, 0.25) is 0 Å². The third kappa shape index (κ3) is 2.38. The first-order valence-electron chi connectivity index (χ1n) is 5.64. The van der Waals surface area contributed by atoms with Crippen LogP contribution in [-0.2, 0) is 9.59 Å². The van der Waals surface area contributed by atoms with Crippen molar-refractivity contribution < 1.29 is 23.9 Å². The summed E-state index contributed by atoms with van der Waals surface area (Å²) in [5.41, 5.74) is 4.44. The first-order chi connectivity index (χ1) is 9.32. The lowest BCUT2D eigenvalue weighted by molar-refractivity contribution is -0.123.